The molecule has 4 rings (SSSR count). The van der Waals surface area contributed by atoms with Crippen molar-refractivity contribution >= 4 is 21.4 Å². The van der Waals surface area contributed by atoms with Gasteiger partial charge in [0.2, 0.25) is 9.84 Å². The fourth-order valence-electron chi connectivity index (χ4n) is 3.04. The fraction of sp³-hybridized carbons (Fsp3) is 0.0909. The normalized spacial score (nSPS) is 11.5. The first-order valence-corrected chi connectivity index (χ1v) is 10.5. The van der Waals surface area contributed by atoms with Crippen LogP contribution in [0.15, 0.2) is 89.0 Å². The molecule has 0 aliphatic rings. The quantitative estimate of drug-likeness (QED) is 0.552. The number of carbonyl (C=O) groups excluding carboxylic acids is 1. The molecule has 1 amide bonds. The Morgan fingerprint density at radius 3 is 2.59 bits per heavy atom. The number of hydrogen-bond donors (Lipinski definition) is 1. The lowest BCUT2D eigenvalue weighted by Gasteiger charge is -2.08. The Bertz CT molecular complexity index is 1290. The van der Waals surface area contributed by atoms with Crippen LogP contribution in [-0.4, -0.2) is 23.7 Å². The third-order valence-corrected chi connectivity index (χ3v) is 6.40. The van der Waals surface area contributed by atoms with E-state index in [0.717, 1.165) is 16.8 Å². The van der Waals surface area contributed by atoms with Gasteiger partial charge in [0.15, 0.2) is 0 Å². The number of nitrogens with one attached hydrogen (secondary N) is 1. The van der Waals surface area contributed by atoms with E-state index >= 15 is 0 Å². The van der Waals surface area contributed by atoms with E-state index in [1.807, 2.05) is 13.0 Å². The first kappa shape index (κ1) is 18.9. The summed E-state index contributed by atoms with van der Waals surface area (Å²) in [6, 6.07) is 16.9. The highest BCUT2D eigenvalue weighted by molar-refractivity contribution is 7.91. The largest absolute Gasteiger partial charge is 0.348 e. The van der Waals surface area contributed by atoms with Crippen LogP contribution in [0.3, 0.4) is 0 Å². The second kappa shape index (κ2) is 7.52. The summed E-state index contributed by atoms with van der Waals surface area (Å²) in [5.74, 6) is -0.211. The van der Waals surface area contributed by atoms with Crippen LogP contribution in [0.25, 0.3) is 5.65 Å². The number of pyridine rings is 1. The van der Waals surface area contributed by atoms with Crippen LogP contribution >= 0.6 is 0 Å². The molecule has 146 valence electrons. The third-order valence-electron chi connectivity index (χ3n) is 4.64. The zero-order valence-electron chi connectivity index (χ0n) is 15.7. The standard InChI is InChI=1S/C22H19N3O3S/c1-16-3-2-4-20(13-16)29(27,28)19-8-5-17(6-9-19)14-24-22(26)18-7-10-21-23-11-12-25(21)15-18/h2-13,15H,14H2,1H3,(H,24,26). The maximum absolute atomic E-state index is 12.8. The second-order valence-corrected chi connectivity index (χ2v) is 8.71. The Balaban J connectivity index is 1.46. The summed E-state index contributed by atoms with van der Waals surface area (Å²) in [5.41, 5.74) is 2.99. The van der Waals surface area contributed by atoms with E-state index in [9.17, 15) is 13.2 Å². The van der Waals surface area contributed by atoms with Crippen LogP contribution in [-0.2, 0) is 16.4 Å². The van der Waals surface area contributed by atoms with Crippen molar-refractivity contribution in [2.75, 3.05) is 0 Å². The molecule has 0 spiro atoms. The van der Waals surface area contributed by atoms with Crippen LogP contribution in [0.2, 0.25) is 0 Å². The number of imidazole rings is 1. The number of aryl methyl sites for hydroxylation is 1. The van der Waals surface area contributed by atoms with Crippen LogP contribution < -0.4 is 5.32 Å². The zero-order valence-corrected chi connectivity index (χ0v) is 16.6. The number of rotatable bonds is 5. The van der Waals surface area contributed by atoms with Crippen molar-refractivity contribution in [3.8, 4) is 0 Å². The van der Waals surface area contributed by atoms with Gasteiger partial charge in [-0.25, -0.2) is 13.4 Å². The number of carbonyl (C=O) groups is 1. The van der Waals surface area contributed by atoms with Gasteiger partial charge in [0.25, 0.3) is 5.91 Å². The van der Waals surface area contributed by atoms with Crippen molar-refractivity contribution in [2.24, 2.45) is 0 Å². The molecule has 0 bridgehead atoms. The predicted octanol–water partition coefficient (Wildman–Crippen LogP) is 3.41. The van der Waals surface area contributed by atoms with Gasteiger partial charge in [-0.1, -0.05) is 24.3 Å². The maximum atomic E-state index is 12.8. The van der Waals surface area contributed by atoms with Crippen molar-refractivity contribution in [2.45, 2.75) is 23.3 Å². The highest BCUT2D eigenvalue weighted by Gasteiger charge is 2.17. The average Bonchev–Trinajstić information content (AvgIpc) is 3.20. The molecule has 1 N–H and O–H groups in total. The van der Waals surface area contributed by atoms with Gasteiger partial charge in [0.05, 0.1) is 15.4 Å². The molecule has 2 heterocycles. The van der Waals surface area contributed by atoms with Gasteiger partial charge in [0.1, 0.15) is 5.65 Å². The molecule has 0 aliphatic carbocycles. The van der Waals surface area contributed by atoms with Crippen LogP contribution in [0, 0.1) is 6.92 Å². The first-order chi connectivity index (χ1) is 13.9. The summed E-state index contributed by atoms with van der Waals surface area (Å²) in [6.07, 6.45) is 5.16. The Morgan fingerprint density at radius 1 is 1.03 bits per heavy atom. The zero-order chi connectivity index (χ0) is 20.4. The van der Waals surface area contributed by atoms with Gasteiger partial charge < -0.3 is 9.72 Å². The van der Waals surface area contributed by atoms with Crippen LogP contribution in [0.1, 0.15) is 21.5 Å². The molecule has 0 fully saturated rings. The third kappa shape index (κ3) is 3.90. The molecule has 4 aromatic rings. The summed E-state index contributed by atoms with van der Waals surface area (Å²) in [5, 5.41) is 2.85. The predicted molar refractivity (Wildman–Crippen MR) is 109 cm³/mol. The molecule has 29 heavy (non-hydrogen) atoms. The lowest BCUT2D eigenvalue weighted by atomic mass is 10.2. The van der Waals surface area contributed by atoms with Crippen molar-refractivity contribution in [1.29, 1.82) is 0 Å². The van der Waals surface area contributed by atoms with Crippen LogP contribution in [0.5, 0.6) is 0 Å². The minimum absolute atomic E-state index is 0.211. The van der Waals surface area contributed by atoms with Gasteiger partial charge in [-0.15, -0.1) is 0 Å². The Hall–Kier alpha value is -3.45. The van der Waals surface area contributed by atoms with Gasteiger partial charge in [0, 0.05) is 25.1 Å². The number of amides is 1. The number of fused-ring (bicyclic) bond motifs is 1. The number of nitrogens with zero attached hydrogens (tertiary/aromatic N) is 2. The summed E-state index contributed by atoms with van der Waals surface area (Å²) in [4.78, 5) is 17.0. The number of sulfone groups is 1. The summed E-state index contributed by atoms with van der Waals surface area (Å²) >= 11 is 0. The van der Waals surface area contributed by atoms with E-state index in [0.29, 0.717) is 12.1 Å². The number of aromatic nitrogens is 2. The van der Waals surface area contributed by atoms with Gasteiger partial charge in [-0.2, -0.15) is 0 Å². The molecule has 7 heteroatoms. The summed E-state index contributed by atoms with van der Waals surface area (Å²) in [7, 11) is -3.56. The molecule has 0 saturated heterocycles. The Labute approximate surface area is 168 Å². The molecular formula is C22H19N3O3S. The maximum Gasteiger partial charge on any atom is 0.253 e. The minimum Gasteiger partial charge on any atom is -0.348 e. The van der Waals surface area contributed by atoms with E-state index in [1.165, 1.54) is 0 Å². The van der Waals surface area contributed by atoms with Gasteiger partial charge in [-0.3, -0.25) is 4.79 Å². The Kier molecular flexibility index (Phi) is 4.90. The van der Waals surface area contributed by atoms with E-state index in [4.69, 9.17) is 0 Å². The molecule has 2 aromatic carbocycles. The van der Waals surface area contributed by atoms with E-state index in [-0.39, 0.29) is 15.7 Å². The van der Waals surface area contributed by atoms with Crippen molar-refractivity contribution < 1.29 is 13.2 Å². The molecule has 0 unspecified atom stereocenters. The average molecular weight is 405 g/mol. The number of hydrogen-bond acceptors (Lipinski definition) is 4. The highest BCUT2D eigenvalue weighted by Crippen LogP contribution is 2.22. The van der Waals surface area contributed by atoms with Crippen LogP contribution in [0.4, 0.5) is 0 Å². The van der Waals surface area contributed by atoms with Gasteiger partial charge in [-0.05, 0) is 54.4 Å². The van der Waals surface area contributed by atoms with Crippen molar-refractivity contribution in [1.82, 2.24) is 14.7 Å². The fourth-order valence-corrected chi connectivity index (χ4v) is 4.41. The smallest absolute Gasteiger partial charge is 0.253 e. The molecule has 0 saturated carbocycles. The lowest BCUT2D eigenvalue weighted by Crippen LogP contribution is -2.23. The monoisotopic (exact) mass is 405 g/mol. The van der Waals surface area contributed by atoms with Gasteiger partial charge >= 0.3 is 0 Å². The van der Waals surface area contributed by atoms with E-state index in [1.54, 1.807) is 77.6 Å². The topological polar surface area (TPSA) is 80.5 Å². The summed E-state index contributed by atoms with van der Waals surface area (Å²) < 4.78 is 27.3. The number of benzene rings is 2. The lowest BCUT2D eigenvalue weighted by molar-refractivity contribution is 0.0950. The molecule has 2 aromatic heterocycles. The molecule has 0 aliphatic heterocycles. The SMILES string of the molecule is Cc1cccc(S(=O)(=O)c2ccc(CNC(=O)c3ccc4nccn4c3)cc2)c1. The van der Waals surface area contributed by atoms with E-state index < -0.39 is 9.84 Å². The summed E-state index contributed by atoms with van der Waals surface area (Å²) in [6.45, 7) is 2.15. The minimum atomic E-state index is -3.56. The first-order valence-electron chi connectivity index (χ1n) is 9.05. The molecule has 6 nitrogen and oxygen atoms in total. The van der Waals surface area contributed by atoms with Crippen molar-refractivity contribution in [3.63, 3.8) is 0 Å². The molecular weight excluding hydrogens is 386 g/mol. The molecule has 0 atom stereocenters. The Morgan fingerprint density at radius 2 is 1.83 bits per heavy atom. The highest BCUT2D eigenvalue weighted by atomic mass is 32.2. The van der Waals surface area contributed by atoms with Crippen molar-refractivity contribution in [3.05, 3.63) is 95.9 Å². The molecule has 0 radical (unpaired) electrons. The second-order valence-electron chi connectivity index (χ2n) is 6.76. The van der Waals surface area contributed by atoms with E-state index in [2.05, 4.69) is 10.3 Å².